The fourth-order valence-corrected chi connectivity index (χ4v) is 1.70. The van der Waals surface area contributed by atoms with Gasteiger partial charge in [0, 0.05) is 12.6 Å². The Labute approximate surface area is 116 Å². The van der Waals surface area contributed by atoms with Crippen LogP contribution in [0.4, 0.5) is 11.4 Å². The third-order valence-electron chi connectivity index (χ3n) is 2.73. The van der Waals surface area contributed by atoms with Gasteiger partial charge in [-0.05, 0) is 31.9 Å². The minimum atomic E-state index is -0.549. The summed E-state index contributed by atoms with van der Waals surface area (Å²) in [6, 6.07) is 4.01. The number of rotatable bonds is 7. The maximum absolute atomic E-state index is 11.4. The van der Waals surface area contributed by atoms with Crippen LogP contribution in [0.2, 0.25) is 0 Å². The number of esters is 1. The normalized spacial score (nSPS) is 11.8. The summed E-state index contributed by atoms with van der Waals surface area (Å²) in [6.45, 7) is 2.15. The molecular formula is C13H18N2O5. The van der Waals surface area contributed by atoms with Gasteiger partial charge in [0.15, 0.2) is 0 Å². The number of nitrogens with zero attached hydrogens (tertiary/aromatic N) is 1. The monoisotopic (exact) mass is 282 g/mol. The largest absolute Gasteiger partial charge is 0.465 e. The average molecular weight is 282 g/mol. The molecule has 7 heteroatoms. The zero-order valence-corrected chi connectivity index (χ0v) is 11.5. The lowest BCUT2D eigenvalue weighted by Crippen LogP contribution is -2.09. The highest BCUT2D eigenvalue weighted by atomic mass is 16.6. The molecule has 0 aliphatic heterocycles. The number of hydrogen-bond acceptors (Lipinski definition) is 6. The van der Waals surface area contributed by atoms with Crippen LogP contribution in [0.3, 0.4) is 0 Å². The lowest BCUT2D eigenvalue weighted by Gasteiger charge is -2.09. The van der Waals surface area contributed by atoms with E-state index in [9.17, 15) is 14.9 Å². The molecular weight excluding hydrogens is 264 g/mol. The maximum atomic E-state index is 11.4. The Kier molecular flexibility index (Phi) is 5.92. The number of hydrogen-bond donors (Lipinski definition) is 2. The zero-order chi connectivity index (χ0) is 15.1. The van der Waals surface area contributed by atoms with Gasteiger partial charge in [-0.15, -0.1) is 0 Å². The first-order valence-electron chi connectivity index (χ1n) is 6.24. The molecule has 0 fully saturated rings. The van der Waals surface area contributed by atoms with Crippen molar-refractivity contribution in [1.82, 2.24) is 0 Å². The van der Waals surface area contributed by atoms with Crippen LogP contribution in [0.25, 0.3) is 0 Å². The summed E-state index contributed by atoms with van der Waals surface area (Å²) in [6.07, 6.45) is 0.850. The van der Waals surface area contributed by atoms with Crippen LogP contribution in [0.1, 0.15) is 30.1 Å². The van der Waals surface area contributed by atoms with Crippen LogP contribution < -0.4 is 5.32 Å². The Bertz CT molecular complexity index is 488. The zero-order valence-electron chi connectivity index (χ0n) is 11.5. The number of benzene rings is 1. The van der Waals surface area contributed by atoms with Gasteiger partial charge in [0.25, 0.3) is 5.69 Å². The molecule has 0 aromatic heterocycles. The summed E-state index contributed by atoms with van der Waals surface area (Å²) in [4.78, 5) is 21.8. The Balaban J connectivity index is 2.83. The molecule has 1 atom stereocenters. The Morgan fingerprint density at radius 2 is 2.25 bits per heavy atom. The van der Waals surface area contributed by atoms with E-state index in [0.29, 0.717) is 19.4 Å². The third-order valence-corrected chi connectivity index (χ3v) is 2.73. The number of aliphatic hydroxyl groups excluding tert-OH is 1. The quantitative estimate of drug-likeness (QED) is 0.343. The van der Waals surface area contributed by atoms with Crippen molar-refractivity contribution in [2.24, 2.45) is 0 Å². The van der Waals surface area contributed by atoms with Crippen LogP contribution in [-0.4, -0.2) is 35.8 Å². The van der Waals surface area contributed by atoms with Crippen molar-refractivity contribution in [1.29, 1.82) is 0 Å². The lowest BCUT2D eigenvalue weighted by molar-refractivity contribution is -0.384. The number of anilines is 1. The fraction of sp³-hybridized carbons (Fsp3) is 0.462. The highest BCUT2D eigenvalue weighted by Gasteiger charge is 2.16. The maximum Gasteiger partial charge on any atom is 0.337 e. The van der Waals surface area contributed by atoms with Crippen molar-refractivity contribution in [2.75, 3.05) is 19.0 Å². The second-order valence-electron chi connectivity index (χ2n) is 4.40. The van der Waals surface area contributed by atoms with Crippen molar-refractivity contribution < 1.29 is 19.6 Å². The number of methoxy groups -OCH3 is 1. The Hall–Kier alpha value is -2.15. The van der Waals surface area contributed by atoms with Crippen LogP contribution >= 0.6 is 0 Å². The van der Waals surface area contributed by atoms with Gasteiger partial charge in [-0.1, -0.05) is 0 Å². The highest BCUT2D eigenvalue weighted by Crippen LogP contribution is 2.25. The topological polar surface area (TPSA) is 102 Å². The Morgan fingerprint density at radius 3 is 2.80 bits per heavy atom. The fourth-order valence-electron chi connectivity index (χ4n) is 1.70. The van der Waals surface area contributed by atoms with Crippen molar-refractivity contribution in [3.05, 3.63) is 33.9 Å². The van der Waals surface area contributed by atoms with E-state index in [1.165, 1.54) is 25.3 Å². The van der Waals surface area contributed by atoms with Crippen molar-refractivity contribution in [3.63, 3.8) is 0 Å². The minimum absolute atomic E-state index is 0.102. The molecule has 0 saturated carbocycles. The summed E-state index contributed by atoms with van der Waals surface area (Å²) in [5, 5.41) is 23.0. The molecule has 2 N–H and O–H groups in total. The minimum Gasteiger partial charge on any atom is -0.465 e. The predicted molar refractivity (Wildman–Crippen MR) is 73.8 cm³/mol. The summed E-state index contributed by atoms with van der Waals surface area (Å²) in [5.74, 6) is -0.549. The molecule has 0 amide bonds. The lowest BCUT2D eigenvalue weighted by atomic mass is 10.1. The first kappa shape index (κ1) is 15.9. The van der Waals surface area contributed by atoms with Gasteiger partial charge in [-0.25, -0.2) is 4.79 Å². The van der Waals surface area contributed by atoms with Gasteiger partial charge in [-0.2, -0.15) is 0 Å². The smallest absolute Gasteiger partial charge is 0.337 e. The number of nitro benzene ring substituents is 1. The molecule has 20 heavy (non-hydrogen) atoms. The summed E-state index contributed by atoms with van der Waals surface area (Å²) in [5.41, 5.74) is 0.411. The van der Waals surface area contributed by atoms with E-state index in [1.54, 1.807) is 6.92 Å². The van der Waals surface area contributed by atoms with Gasteiger partial charge in [0.1, 0.15) is 5.69 Å². The van der Waals surface area contributed by atoms with Crippen molar-refractivity contribution in [3.8, 4) is 0 Å². The number of carbonyl (C=O) groups is 1. The van der Waals surface area contributed by atoms with Gasteiger partial charge >= 0.3 is 5.97 Å². The van der Waals surface area contributed by atoms with Crippen molar-refractivity contribution >= 4 is 17.3 Å². The van der Waals surface area contributed by atoms with E-state index in [0.717, 1.165) is 0 Å². The second-order valence-corrected chi connectivity index (χ2v) is 4.40. The molecule has 0 spiro atoms. The van der Waals surface area contributed by atoms with Gasteiger partial charge < -0.3 is 15.2 Å². The number of ether oxygens (including phenoxy) is 1. The molecule has 1 aromatic carbocycles. The molecule has 110 valence electrons. The van der Waals surface area contributed by atoms with E-state index in [1.807, 2.05) is 0 Å². The summed E-state index contributed by atoms with van der Waals surface area (Å²) < 4.78 is 4.58. The molecule has 7 nitrogen and oxygen atoms in total. The van der Waals surface area contributed by atoms with Gasteiger partial charge in [-0.3, -0.25) is 10.1 Å². The van der Waals surface area contributed by atoms with E-state index >= 15 is 0 Å². The molecule has 1 unspecified atom stereocenters. The van der Waals surface area contributed by atoms with E-state index < -0.39 is 17.0 Å². The molecule has 0 aliphatic carbocycles. The van der Waals surface area contributed by atoms with Crippen LogP contribution in [-0.2, 0) is 4.74 Å². The average Bonchev–Trinajstić information content (AvgIpc) is 2.42. The molecule has 1 rings (SSSR count). The van der Waals surface area contributed by atoms with Crippen LogP contribution in [0.15, 0.2) is 18.2 Å². The molecule has 0 radical (unpaired) electrons. The van der Waals surface area contributed by atoms with E-state index in [4.69, 9.17) is 5.11 Å². The molecule has 0 bridgehead atoms. The summed E-state index contributed by atoms with van der Waals surface area (Å²) in [7, 11) is 1.25. The van der Waals surface area contributed by atoms with E-state index in [-0.39, 0.29) is 16.9 Å². The van der Waals surface area contributed by atoms with Gasteiger partial charge in [0.05, 0.1) is 23.7 Å². The van der Waals surface area contributed by atoms with Crippen LogP contribution in [0, 0.1) is 10.1 Å². The number of nitrogens with one attached hydrogen (secondary N) is 1. The molecule has 0 saturated heterocycles. The number of aliphatic hydroxyl groups is 1. The van der Waals surface area contributed by atoms with Crippen molar-refractivity contribution in [2.45, 2.75) is 25.9 Å². The summed E-state index contributed by atoms with van der Waals surface area (Å²) >= 11 is 0. The first-order valence-corrected chi connectivity index (χ1v) is 6.24. The van der Waals surface area contributed by atoms with Gasteiger partial charge in [0.2, 0.25) is 0 Å². The molecule has 0 heterocycles. The Morgan fingerprint density at radius 1 is 1.55 bits per heavy atom. The second kappa shape index (κ2) is 7.44. The van der Waals surface area contributed by atoms with Crippen LogP contribution in [0.5, 0.6) is 0 Å². The SMILES string of the molecule is COC(=O)c1ccc([N+](=O)[O-])c(NCCCC(C)O)c1. The highest BCUT2D eigenvalue weighted by molar-refractivity contribution is 5.91. The first-order chi connectivity index (χ1) is 9.45. The number of nitro groups is 1. The van der Waals surface area contributed by atoms with E-state index in [2.05, 4.69) is 10.1 Å². The third kappa shape index (κ3) is 4.51. The molecule has 1 aromatic rings. The predicted octanol–water partition coefficient (Wildman–Crippen LogP) is 1.95. The number of carbonyl (C=O) groups excluding carboxylic acids is 1. The molecule has 0 aliphatic rings. The standard InChI is InChI=1S/C13H18N2O5/c1-9(16)4-3-7-14-11-8-10(13(17)20-2)5-6-12(11)15(18)19/h5-6,8-9,14,16H,3-4,7H2,1-2H3.